The molecular weight excluding hydrogens is 284 g/mol. The molecule has 2 rings (SSSR count). The average molecular weight is 293 g/mol. The summed E-state index contributed by atoms with van der Waals surface area (Å²) < 4.78 is 0. The Morgan fingerprint density at radius 3 is 2.40 bits per heavy atom. The van der Waals surface area contributed by atoms with Crippen molar-refractivity contribution in [2.24, 2.45) is 0 Å². The van der Waals surface area contributed by atoms with E-state index in [0.29, 0.717) is 10.7 Å². The minimum absolute atomic E-state index is 0.0627. The van der Waals surface area contributed by atoms with E-state index in [1.54, 1.807) is 0 Å². The maximum Gasteiger partial charge on any atom is 0.269 e. The fraction of sp³-hybridized carbons (Fsp3) is 0. The van der Waals surface area contributed by atoms with Gasteiger partial charge in [0.1, 0.15) is 5.75 Å². The number of phenols is 1. The SMILES string of the molecule is O=C(Nc1ccc([N+](=O)[O-])cc1)c1ccc(Cl)cc1O. The smallest absolute Gasteiger partial charge is 0.269 e. The molecule has 0 spiro atoms. The summed E-state index contributed by atoms with van der Waals surface area (Å²) in [6.07, 6.45) is 0. The van der Waals surface area contributed by atoms with Crippen molar-refractivity contribution >= 4 is 28.9 Å². The summed E-state index contributed by atoms with van der Waals surface area (Å²) in [5.41, 5.74) is 0.375. The lowest BCUT2D eigenvalue weighted by molar-refractivity contribution is -0.384. The predicted molar refractivity (Wildman–Crippen MR) is 74.2 cm³/mol. The van der Waals surface area contributed by atoms with Crippen LogP contribution in [0.4, 0.5) is 11.4 Å². The molecule has 0 aliphatic rings. The number of carbonyl (C=O) groups excluding carboxylic acids is 1. The number of amides is 1. The normalized spacial score (nSPS) is 10.1. The van der Waals surface area contributed by atoms with Gasteiger partial charge < -0.3 is 10.4 Å². The van der Waals surface area contributed by atoms with Crippen molar-refractivity contribution in [2.75, 3.05) is 5.32 Å². The Bertz CT molecular complexity index is 671. The quantitative estimate of drug-likeness (QED) is 0.671. The number of halogens is 1. The number of carbonyl (C=O) groups is 1. The number of phenolic OH excluding ortho intramolecular Hbond substituents is 1. The predicted octanol–water partition coefficient (Wildman–Crippen LogP) is 3.21. The van der Waals surface area contributed by atoms with Gasteiger partial charge in [-0.05, 0) is 30.3 Å². The van der Waals surface area contributed by atoms with Crippen LogP contribution in [0.2, 0.25) is 5.02 Å². The molecule has 0 aliphatic carbocycles. The first-order valence-corrected chi connectivity index (χ1v) is 5.89. The van der Waals surface area contributed by atoms with Crippen LogP contribution >= 0.6 is 11.6 Å². The molecule has 102 valence electrons. The third-order valence-corrected chi connectivity index (χ3v) is 2.78. The number of nitro benzene ring substituents is 1. The lowest BCUT2D eigenvalue weighted by atomic mass is 10.2. The Hall–Kier alpha value is -2.60. The first-order valence-electron chi connectivity index (χ1n) is 5.51. The van der Waals surface area contributed by atoms with E-state index >= 15 is 0 Å². The van der Waals surface area contributed by atoms with Gasteiger partial charge in [0.05, 0.1) is 10.5 Å². The standard InChI is InChI=1S/C13H9ClN2O4/c14-8-1-6-11(12(17)7-8)13(18)15-9-2-4-10(5-3-9)16(19)20/h1-7,17H,(H,15,18). The molecule has 0 unspecified atom stereocenters. The summed E-state index contributed by atoms with van der Waals surface area (Å²) >= 11 is 5.67. The van der Waals surface area contributed by atoms with Crippen molar-refractivity contribution in [3.05, 3.63) is 63.2 Å². The summed E-state index contributed by atoms with van der Waals surface area (Å²) in [4.78, 5) is 21.9. The molecule has 1 amide bonds. The van der Waals surface area contributed by atoms with Crippen LogP contribution in [0.5, 0.6) is 5.75 Å². The lowest BCUT2D eigenvalue weighted by Gasteiger charge is -2.06. The summed E-state index contributed by atoms with van der Waals surface area (Å²) in [5.74, 6) is -0.773. The number of nitrogens with one attached hydrogen (secondary N) is 1. The molecule has 7 heteroatoms. The number of hydrogen-bond donors (Lipinski definition) is 2. The summed E-state index contributed by atoms with van der Waals surface area (Å²) in [6, 6.07) is 9.48. The largest absolute Gasteiger partial charge is 0.507 e. The minimum Gasteiger partial charge on any atom is -0.507 e. The van der Waals surface area contributed by atoms with E-state index in [2.05, 4.69) is 5.32 Å². The number of nitro groups is 1. The van der Waals surface area contributed by atoms with Gasteiger partial charge in [-0.1, -0.05) is 11.6 Å². The van der Waals surface area contributed by atoms with Gasteiger partial charge in [-0.2, -0.15) is 0 Å². The van der Waals surface area contributed by atoms with Gasteiger partial charge in [-0.15, -0.1) is 0 Å². The Morgan fingerprint density at radius 2 is 1.85 bits per heavy atom. The van der Waals surface area contributed by atoms with E-state index in [4.69, 9.17) is 11.6 Å². The minimum atomic E-state index is -0.534. The van der Waals surface area contributed by atoms with Crippen molar-refractivity contribution < 1.29 is 14.8 Å². The fourth-order valence-corrected chi connectivity index (χ4v) is 1.73. The third kappa shape index (κ3) is 3.04. The molecule has 2 N–H and O–H groups in total. The van der Waals surface area contributed by atoms with Crippen LogP contribution in [0.1, 0.15) is 10.4 Å². The molecule has 20 heavy (non-hydrogen) atoms. The van der Waals surface area contributed by atoms with E-state index in [1.807, 2.05) is 0 Å². The van der Waals surface area contributed by atoms with Crippen molar-refractivity contribution in [2.45, 2.75) is 0 Å². The molecule has 6 nitrogen and oxygen atoms in total. The maximum atomic E-state index is 11.9. The molecule has 2 aromatic rings. The van der Waals surface area contributed by atoms with Crippen molar-refractivity contribution in [3.8, 4) is 5.75 Å². The molecule has 0 saturated carbocycles. The molecule has 0 saturated heterocycles. The van der Waals surface area contributed by atoms with Crippen molar-refractivity contribution in [1.82, 2.24) is 0 Å². The Labute approximate surface area is 118 Å². The monoisotopic (exact) mass is 292 g/mol. The molecular formula is C13H9ClN2O4. The third-order valence-electron chi connectivity index (χ3n) is 2.54. The second-order valence-corrected chi connectivity index (χ2v) is 4.36. The van der Waals surface area contributed by atoms with Gasteiger partial charge in [-0.25, -0.2) is 0 Å². The van der Waals surface area contributed by atoms with E-state index in [9.17, 15) is 20.0 Å². The van der Waals surface area contributed by atoms with Gasteiger partial charge in [0.25, 0.3) is 11.6 Å². The van der Waals surface area contributed by atoms with Crippen LogP contribution < -0.4 is 5.32 Å². The fourth-order valence-electron chi connectivity index (χ4n) is 1.56. The molecule has 0 atom stereocenters. The highest BCUT2D eigenvalue weighted by Crippen LogP contribution is 2.23. The van der Waals surface area contributed by atoms with E-state index in [1.165, 1.54) is 42.5 Å². The second kappa shape index (κ2) is 5.58. The topological polar surface area (TPSA) is 92.5 Å². The first-order chi connectivity index (χ1) is 9.47. The van der Waals surface area contributed by atoms with Crippen LogP contribution in [0.15, 0.2) is 42.5 Å². The highest BCUT2D eigenvalue weighted by atomic mass is 35.5. The number of hydrogen-bond acceptors (Lipinski definition) is 4. The van der Waals surface area contributed by atoms with Gasteiger partial charge in [0, 0.05) is 22.8 Å². The van der Waals surface area contributed by atoms with Gasteiger partial charge >= 0.3 is 0 Å². The summed E-state index contributed by atoms with van der Waals surface area (Å²) in [7, 11) is 0. The number of non-ortho nitro benzene ring substituents is 1. The molecule has 0 aliphatic heterocycles. The van der Waals surface area contributed by atoms with Crippen LogP contribution in [0.3, 0.4) is 0 Å². The zero-order valence-corrected chi connectivity index (χ0v) is 10.8. The molecule has 0 aromatic heterocycles. The first kappa shape index (κ1) is 13.8. The van der Waals surface area contributed by atoms with Crippen molar-refractivity contribution in [3.63, 3.8) is 0 Å². The maximum absolute atomic E-state index is 11.9. The molecule has 2 aromatic carbocycles. The number of benzene rings is 2. The Morgan fingerprint density at radius 1 is 1.20 bits per heavy atom. The Balaban J connectivity index is 2.17. The molecule has 0 heterocycles. The Kier molecular flexibility index (Phi) is 3.86. The highest BCUT2D eigenvalue weighted by molar-refractivity contribution is 6.30. The number of nitrogens with zero attached hydrogens (tertiary/aromatic N) is 1. The number of rotatable bonds is 3. The summed E-state index contributed by atoms with van der Waals surface area (Å²) in [5, 5.41) is 23.0. The number of anilines is 1. The molecule has 0 bridgehead atoms. The van der Waals surface area contributed by atoms with Crippen LogP contribution in [0, 0.1) is 10.1 Å². The van der Waals surface area contributed by atoms with E-state index in [-0.39, 0.29) is 17.0 Å². The molecule has 0 radical (unpaired) electrons. The zero-order chi connectivity index (χ0) is 14.7. The van der Waals surface area contributed by atoms with Crippen molar-refractivity contribution in [1.29, 1.82) is 0 Å². The van der Waals surface area contributed by atoms with Crippen LogP contribution in [-0.2, 0) is 0 Å². The van der Waals surface area contributed by atoms with Crippen LogP contribution in [-0.4, -0.2) is 15.9 Å². The molecule has 0 fully saturated rings. The van der Waals surface area contributed by atoms with Gasteiger partial charge in [-0.3, -0.25) is 14.9 Å². The lowest BCUT2D eigenvalue weighted by Crippen LogP contribution is -2.11. The zero-order valence-electron chi connectivity index (χ0n) is 10.0. The second-order valence-electron chi connectivity index (χ2n) is 3.92. The highest BCUT2D eigenvalue weighted by Gasteiger charge is 2.12. The van der Waals surface area contributed by atoms with Gasteiger partial charge in [0.15, 0.2) is 0 Å². The van der Waals surface area contributed by atoms with E-state index in [0.717, 1.165) is 0 Å². The van der Waals surface area contributed by atoms with Crippen LogP contribution in [0.25, 0.3) is 0 Å². The van der Waals surface area contributed by atoms with Gasteiger partial charge in [0.2, 0.25) is 0 Å². The number of aromatic hydroxyl groups is 1. The average Bonchev–Trinajstić information content (AvgIpc) is 2.39. The van der Waals surface area contributed by atoms with E-state index < -0.39 is 10.8 Å². The summed E-state index contributed by atoms with van der Waals surface area (Å²) in [6.45, 7) is 0.